The Labute approximate surface area is 186 Å². The lowest BCUT2D eigenvalue weighted by atomic mass is 10.2. The van der Waals surface area contributed by atoms with Crippen LogP contribution in [0.1, 0.15) is 21.7 Å². The zero-order valence-electron chi connectivity index (χ0n) is 17.3. The summed E-state index contributed by atoms with van der Waals surface area (Å²) >= 11 is 0. The van der Waals surface area contributed by atoms with Crippen LogP contribution in [0, 0.1) is 0 Å². The van der Waals surface area contributed by atoms with E-state index in [0.717, 1.165) is 11.8 Å². The van der Waals surface area contributed by atoms with Gasteiger partial charge in [0.05, 0.1) is 18.5 Å². The first-order valence-corrected chi connectivity index (χ1v) is 9.58. The van der Waals surface area contributed by atoms with Gasteiger partial charge in [-0.2, -0.15) is 9.78 Å². The number of amides is 1. The lowest BCUT2D eigenvalue weighted by Crippen LogP contribution is -2.24. The third-order valence-electron chi connectivity index (χ3n) is 4.64. The number of para-hydroxylation sites is 1. The number of carbonyl (C=O) groups is 1. The Balaban J connectivity index is 1.61. The van der Waals surface area contributed by atoms with Crippen molar-refractivity contribution >= 4 is 23.6 Å². The van der Waals surface area contributed by atoms with Gasteiger partial charge in [0.1, 0.15) is 11.5 Å². The third-order valence-corrected chi connectivity index (χ3v) is 4.64. The molecule has 0 aliphatic rings. The van der Waals surface area contributed by atoms with Crippen molar-refractivity contribution in [3.05, 3.63) is 65.5 Å². The Kier molecular flexibility index (Phi) is 5.84. The average molecular weight is 449 g/mol. The number of hydrogen-bond donors (Lipinski definition) is 4. The molecular formula is C20H19N9O4. The number of phenols is 2. The zero-order valence-corrected chi connectivity index (χ0v) is 17.3. The van der Waals surface area contributed by atoms with Gasteiger partial charge in [-0.25, -0.2) is 10.1 Å². The first-order valence-electron chi connectivity index (χ1n) is 9.58. The van der Waals surface area contributed by atoms with Gasteiger partial charge in [-0.1, -0.05) is 23.4 Å². The van der Waals surface area contributed by atoms with E-state index in [9.17, 15) is 15.0 Å². The van der Waals surface area contributed by atoms with Gasteiger partial charge in [-0.3, -0.25) is 4.79 Å². The molecule has 168 valence electrons. The molecule has 0 spiro atoms. The van der Waals surface area contributed by atoms with Gasteiger partial charge < -0.3 is 20.8 Å². The molecule has 0 fully saturated rings. The summed E-state index contributed by atoms with van der Waals surface area (Å²) in [7, 11) is 1.84. The lowest BCUT2D eigenvalue weighted by molar-refractivity contribution is 0.0949. The number of nitrogens with zero attached hydrogens (tertiary/aromatic N) is 7. The number of benzene rings is 2. The number of rotatable bonds is 7. The van der Waals surface area contributed by atoms with Crippen LogP contribution < -0.4 is 16.1 Å². The topological polar surface area (TPSA) is 181 Å². The summed E-state index contributed by atoms with van der Waals surface area (Å²) in [6, 6.07) is 13.5. The van der Waals surface area contributed by atoms with Crippen LogP contribution in [0.3, 0.4) is 0 Å². The van der Waals surface area contributed by atoms with E-state index < -0.39 is 5.91 Å². The molecule has 0 unspecified atom stereocenters. The highest BCUT2D eigenvalue weighted by Crippen LogP contribution is 2.22. The fourth-order valence-corrected chi connectivity index (χ4v) is 2.98. The van der Waals surface area contributed by atoms with Crippen molar-refractivity contribution in [2.75, 3.05) is 17.7 Å². The van der Waals surface area contributed by atoms with Gasteiger partial charge in [0.25, 0.3) is 5.91 Å². The molecule has 0 atom stereocenters. The Bertz CT molecular complexity index is 1300. The van der Waals surface area contributed by atoms with Gasteiger partial charge in [0.15, 0.2) is 5.69 Å². The second-order valence-electron chi connectivity index (χ2n) is 6.90. The number of hydrazone groups is 1. The van der Waals surface area contributed by atoms with E-state index in [4.69, 9.17) is 5.73 Å². The summed E-state index contributed by atoms with van der Waals surface area (Å²) in [5.41, 5.74) is 9.68. The van der Waals surface area contributed by atoms with E-state index >= 15 is 0 Å². The summed E-state index contributed by atoms with van der Waals surface area (Å²) in [6.45, 7) is 0.217. The summed E-state index contributed by atoms with van der Waals surface area (Å²) in [4.78, 5) is 14.7. The SMILES string of the molecule is CN(Cc1c(C(=O)N/N=C/c2ccc(O)cc2O)nnn1-c1nonc1N)c1ccccc1. The number of aromatic nitrogens is 5. The zero-order chi connectivity index (χ0) is 23.4. The second-order valence-corrected chi connectivity index (χ2v) is 6.90. The minimum Gasteiger partial charge on any atom is -0.508 e. The molecule has 1 amide bonds. The normalized spacial score (nSPS) is 11.1. The summed E-state index contributed by atoms with van der Waals surface area (Å²) in [6.07, 6.45) is 1.23. The molecule has 2 aromatic carbocycles. The molecular weight excluding hydrogens is 430 g/mol. The first kappa shape index (κ1) is 21.3. The molecule has 0 bridgehead atoms. The molecule has 2 aromatic heterocycles. The molecule has 13 nitrogen and oxygen atoms in total. The number of nitrogens with two attached hydrogens (primary N) is 1. The van der Waals surface area contributed by atoms with Gasteiger partial charge >= 0.3 is 0 Å². The minimum absolute atomic E-state index is 0.0173. The molecule has 4 aromatic rings. The smallest absolute Gasteiger partial charge is 0.293 e. The molecule has 0 saturated heterocycles. The van der Waals surface area contributed by atoms with E-state index in [1.165, 1.54) is 23.0 Å². The standard InChI is InChI=1S/C20H19N9O4/c1-28(13-5-3-2-4-6-13)11-15-17(23-27-29(15)19-18(21)25-33-26-19)20(32)24-22-10-12-7-8-14(30)9-16(12)31/h2-10,30-31H,11H2,1H3,(H2,21,25)(H,24,32)/b22-10+. The highest BCUT2D eigenvalue weighted by Gasteiger charge is 2.25. The molecule has 5 N–H and O–H groups in total. The number of hydrogen-bond acceptors (Lipinski definition) is 11. The van der Waals surface area contributed by atoms with E-state index in [2.05, 4.69) is 35.8 Å². The highest BCUT2D eigenvalue weighted by molar-refractivity contribution is 5.94. The van der Waals surface area contributed by atoms with E-state index in [-0.39, 0.29) is 35.4 Å². The van der Waals surface area contributed by atoms with Crippen LogP contribution in [0.15, 0.2) is 58.3 Å². The van der Waals surface area contributed by atoms with Crippen molar-refractivity contribution in [1.29, 1.82) is 0 Å². The van der Waals surface area contributed by atoms with Crippen LogP contribution in [0.4, 0.5) is 11.5 Å². The van der Waals surface area contributed by atoms with Crippen molar-refractivity contribution in [1.82, 2.24) is 30.7 Å². The summed E-state index contributed by atoms with van der Waals surface area (Å²) in [5, 5.41) is 38.3. The van der Waals surface area contributed by atoms with Gasteiger partial charge in [-0.05, 0) is 34.6 Å². The van der Waals surface area contributed by atoms with Crippen LogP contribution in [0.5, 0.6) is 11.5 Å². The van der Waals surface area contributed by atoms with Crippen molar-refractivity contribution in [3.63, 3.8) is 0 Å². The van der Waals surface area contributed by atoms with Crippen molar-refractivity contribution in [3.8, 4) is 17.3 Å². The summed E-state index contributed by atoms with van der Waals surface area (Å²) < 4.78 is 5.93. The van der Waals surface area contributed by atoms with Crippen LogP contribution in [-0.2, 0) is 6.54 Å². The number of phenolic OH excluding ortho intramolecular Hbond substituents is 2. The first-order chi connectivity index (χ1) is 15.9. The van der Waals surface area contributed by atoms with E-state index in [0.29, 0.717) is 11.3 Å². The number of carbonyl (C=O) groups excluding carboxylic acids is 1. The quantitative estimate of drug-likeness (QED) is 0.235. The molecule has 0 aliphatic heterocycles. The average Bonchev–Trinajstić information content (AvgIpc) is 3.41. The largest absolute Gasteiger partial charge is 0.508 e. The minimum atomic E-state index is -0.651. The van der Waals surface area contributed by atoms with Crippen LogP contribution in [-0.4, -0.2) is 54.7 Å². The maximum absolute atomic E-state index is 12.8. The summed E-state index contributed by atoms with van der Waals surface area (Å²) in [5.74, 6) is -0.869. The van der Waals surface area contributed by atoms with Gasteiger partial charge in [0.2, 0.25) is 11.6 Å². The maximum Gasteiger partial charge on any atom is 0.293 e. The van der Waals surface area contributed by atoms with Crippen LogP contribution >= 0.6 is 0 Å². The van der Waals surface area contributed by atoms with Gasteiger partial charge in [0, 0.05) is 24.4 Å². The number of anilines is 2. The third kappa shape index (κ3) is 4.56. The molecule has 13 heteroatoms. The maximum atomic E-state index is 12.8. The van der Waals surface area contributed by atoms with E-state index in [1.54, 1.807) is 0 Å². The van der Waals surface area contributed by atoms with E-state index in [1.807, 2.05) is 42.3 Å². The Hall–Kier alpha value is -4.94. The van der Waals surface area contributed by atoms with Crippen LogP contribution in [0.2, 0.25) is 0 Å². The Morgan fingerprint density at radius 3 is 2.73 bits per heavy atom. The molecule has 2 heterocycles. The molecule has 0 saturated carbocycles. The number of aromatic hydroxyl groups is 2. The number of nitrogens with one attached hydrogen (secondary N) is 1. The highest BCUT2D eigenvalue weighted by atomic mass is 16.6. The fraction of sp³-hybridized carbons (Fsp3) is 0.100. The monoisotopic (exact) mass is 449 g/mol. The second kappa shape index (κ2) is 9.05. The number of nitrogen functional groups attached to an aromatic ring is 1. The Morgan fingerprint density at radius 1 is 1.24 bits per heavy atom. The molecule has 33 heavy (non-hydrogen) atoms. The van der Waals surface area contributed by atoms with Crippen molar-refractivity contribution in [2.24, 2.45) is 5.10 Å². The van der Waals surface area contributed by atoms with Crippen molar-refractivity contribution in [2.45, 2.75) is 6.54 Å². The van der Waals surface area contributed by atoms with Gasteiger partial charge in [-0.15, -0.1) is 5.10 Å². The molecule has 0 aliphatic carbocycles. The Morgan fingerprint density at radius 2 is 2.03 bits per heavy atom. The molecule has 4 rings (SSSR count). The predicted octanol–water partition coefficient (Wildman–Crippen LogP) is 1.04. The lowest BCUT2D eigenvalue weighted by Gasteiger charge is -2.19. The van der Waals surface area contributed by atoms with Crippen molar-refractivity contribution < 1.29 is 19.6 Å². The molecule has 0 radical (unpaired) electrons. The predicted molar refractivity (Wildman–Crippen MR) is 117 cm³/mol. The van der Waals surface area contributed by atoms with Crippen LogP contribution in [0.25, 0.3) is 5.82 Å². The fourth-order valence-electron chi connectivity index (χ4n) is 2.98.